The van der Waals surface area contributed by atoms with Crippen LogP contribution in [0.15, 0.2) is 24.3 Å². The number of ether oxygens (including phenoxy) is 1. The van der Waals surface area contributed by atoms with E-state index in [0.29, 0.717) is 12.3 Å². The second-order valence-corrected chi connectivity index (χ2v) is 6.74. The fraction of sp³-hybridized carbons (Fsp3) is 0.588. The van der Waals surface area contributed by atoms with E-state index in [0.717, 1.165) is 31.0 Å². The molecule has 1 aromatic rings. The van der Waals surface area contributed by atoms with Crippen molar-refractivity contribution in [2.24, 2.45) is 5.92 Å². The monoisotopic (exact) mass is 307 g/mol. The van der Waals surface area contributed by atoms with Gasteiger partial charge in [-0.1, -0.05) is 19.1 Å². The molecule has 3 nitrogen and oxygen atoms in total. The summed E-state index contributed by atoms with van der Waals surface area (Å²) in [6.07, 6.45) is 3.87. The second kappa shape index (κ2) is 7.74. The Morgan fingerprint density at radius 2 is 2.33 bits per heavy atom. The summed E-state index contributed by atoms with van der Waals surface area (Å²) >= 11 is 1.88. The number of hydrogen-bond acceptors (Lipinski definition) is 3. The largest absolute Gasteiger partial charge is 0.497 e. The Labute approximate surface area is 132 Å². The van der Waals surface area contributed by atoms with Crippen LogP contribution in [-0.4, -0.2) is 43.0 Å². The minimum atomic E-state index is 0.229. The molecule has 1 heterocycles. The maximum absolute atomic E-state index is 12.4. The molecule has 0 radical (unpaired) electrons. The van der Waals surface area contributed by atoms with Crippen LogP contribution in [0.3, 0.4) is 0 Å². The zero-order valence-electron chi connectivity index (χ0n) is 13.2. The maximum atomic E-state index is 12.4. The smallest absolute Gasteiger partial charge is 0.223 e. The van der Waals surface area contributed by atoms with Gasteiger partial charge in [0.25, 0.3) is 0 Å². The van der Waals surface area contributed by atoms with Gasteiger partial charge in [0.1, 0.15) is 5.75 Å². The van der Waals surface area contributed by atoms with Gasteiger partial charge in [0.15, 0.2) is 0 Å². The summed E-state index contributed by atoms with van der Waals surface area (Å²) in [5.41, 5.74) is 1.17. The summed E-state index contributed by atoms with van der Waals surface area (Å²) in [4.78, 5) is 14.5. The van der Waals surface area contributed by atoms with E-state index in [-0.39, 0.29) is 11.8 Å². The van der Waals surface area contributed by atoms with Crippen LogP contribution >= 0.6 is 11.8 Å². The van der Waals surface area contributed by atoms with Crippen LogP contribution in [0.1, 0.15) is 31.2 Å². The molecule has 4 heteroatoms. The van der Waals surface area contributed by atoms with E-state index in [1.165, 1.54) is 5.56 Å². The zero-order valence-corrected chi connectivity index (χ0v) is 14.0. The van der Waals surface area contributed by atoms with E-state index in [1.54, 1.807) is 7.11 Å². The van der Waals surface area contributed by atoms with E-state index in [4.69, 9.17) is 4.74 Å². The first-order valence-electron chi connectivity index (χ1n) is 7.54. The Kier molecular flexibility index (Phi) is 5.97. The van der Waals surface area contributed by atoms with E-state index in [1.807, 2.05) is 34.9 Å². The quantitative estimate of drug-likeness (QED) is 0.807. The number of likely N-dealkylation sites (tertiary alicyclic amines) is 1. The first kappa shape index (κ1) is 16.2. The number of methoxy groups -OCH3 is 1. The molecular formula is C17H25NO2S. The number of nitrogens with zero attached hydrogens (tertiary/aromatic N) is 1. The van der Waals surface area contributed by atoms with Crippen LogP contribution in [0, 0.1) is 5.92 Å². The van der Waals surface area contributed by atoms with Crippen LogP contribution in [0.4, 0.5) is 0 Å². The van der Waals surface area contributed by atoms with Gasteiger partial charge in [-0.05, 0) is 48.0 Å². The second-order valence-electron chi connectivity index (χ2n) is 5.83. The molecule has 0 spiro atoms. The zero-order chi connectivity index (χ0) is 15.2. The SMILES string of the molecule is COc1cccc([C@@H](C)CC(=O)N2CC[C@@H](CSC)C2)c1. The van der Waals surface area contributed by atoms with Gasteiger partial charge in [-0.2, -0.15) is 11.8 Å². The normalized spacial score (nSPS) is 19.6. The summed E-state index contributed by atoms with van der Waals surface area (Å²) in [6.45, 7) is 3.97. The van der Waals surface area contributed by atoms with Gasteiger partial charge < -0.3 is 9.64 Å². The maximum Gasteiger partial charge on any atom is 0.223 e. The highest BCUT2D eigenvalue weighted by molar-refractivity contribution is 7.98. The number of carbonyl (C=O) groups is 1. The van der Waals surface area contributed by atoms with Crippen molar-refractivity contribution in [2.45, 2.75) is 25.7 Å². The molecule has 116 valence electrons. The first-order valence-corrected chi connectivity index (χ1v) is 8.94. The van der Waals surface area contributed by atoms with Crippen LogP contribution in [0.25, 0.3) is 0 Å². The number of hydrogen-bond donors (Lipinski definition) is 0. The van der Waals surface area contributed by atoms with Crippen molar-refractivity contribution in [1.82, 2.24) is 4.90 Å². The predicted molar refractivity (Wildman–Crippen MR) is 89.1 cm³/mol. The number of amides is 1. The molecule has 0 aromatic heterocycles. The highest BCUT2D eigenvalue weighted by atomic mass is 32.2. The molecule has 0 bridgehead atoms. The van der Waals surface area contributed by atoms with Gasteiger partial charge in [-0.3, -0.25) is 4.79 Å². The molecule has 1 aliphatic heterocycles. The molecule has 1 aromatic carbocycles. The van der Waals surface area contributed by atoms with Crippen LogP contribution in [0.2, 0.25) is 0 Å². The molecule has 1 fully saturated rings. The number of benzene rings is 1. The summed E-state index contributed by atoms with van der Waals surface area (Å²) in [7, 11) is 1.67. The lowest BCUT2D eigenvalue weighted by molar-refractivity contribution is -0.130. The molecule has 1 saturated heterocycles. The molecule has 1 amide bonds. The van der Waals surface area contributed by atoms with Crippen molar-refractivity contribution in [3.05, 3.63) is 29.8 Å². The Morgan fingerprint density at radius 3 is 3.05 bits per heavy atom. The third-order valence-corrected chi connectivity index (χ3v) is 4.99. The van der Waals surface area contributed by atoms with Gasteiger partial charge in [0, 0.05) is 19.5 Å². The van der Waals surface area contributed by atoms with Gasteiger partial charge >= 0.3 is 0 Å². The average Bonchev–Trinajstić information content (AvgIpc) is 2.96. The topological polar surface area (TPSA) is 29.5 Å². The van der Waals surface area contributed by atoms with Gasteiger partial charge in [-0.15, -0.1) is 0 Å². The van der Waals surface area contributed by atoms with E-state index >= 15 is 0 Å². The Balaban J connectivity index is 1.90. The fourth-order valence-electron chi connectivity index (χ4n) is 2.89. The predicted octanol–water partition coefficient (Wildman–Crippen LogP) is 3.40. The van der Waals surface area contributed by atoms with Crippen molar-refractivity contribution < 1.29 is 9.53 Å². The molecule has 0 saturated carbocycles. The number of carbonyl (C=O) groups excluding carboxylic acids is 1. The van der Waals surface area contributed by atoms with Gasteiger partial charge in [0.05, 0.1) is 7.11 Å². The molecule has 1 aliphatic rings. The van der Waals surface area contributed by atoms with E-state index in [9.17, 15) is 4.79 Å². The minimum absolute atomic E-state index is 0.229. The lowest BCUT2D eigenvalue weighted by atomic mass is 9.97. The Hall–Kier alpha value is -1.16. The number of rotatable bonds is 6. The van der Waals surface area contributed by atoms with Gasteiger partial charge in [-0.25, -0.2) is 0 Å². The molecule has 0 unspecified atom stereocenters. The summed E-state index contributed by atoms with van der Waals surface area (Å²) < 4.78 is 5.25. The van der Waals surface area contributed by atoms with Crippen LogP contribution < -0.4 is 4.74 Å². The molecule has 0 aliphatic carbocycles. The van der Waals surface area contributed by atoms with Gasteiger partial charge in [0.2, 0.25) is 5.91 Å². The molecular weight excluding hydrogens is 282 g/mol. The van der Waals surface area contributed by atoms with Crippen molar-refractivity contribution >= 4 is 17.7 Å². The average molecular weight is 307 g/mol. The van der Waals surface area contributed by atoms with Crippen LogP contribution in [-0.2, 0) is 4.79 Å². The summed E-state index contributed by atoms with van der Waals surface area (Å²) in [5.74, 6) is 3.21. The Morgan fingerprint density at radius 1 is 1.52 bits per heavy atom. The third kappa shape index (κ3) is 4.40. The fourth-order valence-corrected chi connectivity index (χ4v) is 3.63. The van der Waals surface area contributed by atoms with Crippen molar-refractivity contribution in [2.75, 3.05) is 32.2 Å². The molecule has 2 atom stereocenters. The highest BCUT2D eigenvalue weighted by Crippen LogP contribution is 2.26. The van der Waals surface area contributed by atoms with Crippen molar-refractivity contribution in [1.29, 1.82) is 0 Å². The minimum Gasteiger partial charge on any atom is -0.497 e. The number of thioether (sulfide) groups is 1. The molecule has 0 N–H and O–H groups in total. The lowest BCUT2D eigenvalue weighted by Crippen LogP contribution is -2.29. The lowest BCUT2D eigenvalue weighted by Gasteiger charge is -2.19. The first-order chi connectivity index (χ1) is 10.1. The molecule has 2 rings (SSSR count). The van der Waals surface area contributed by atoms with Crippen molar-refractivity contribution in [3.8, 4) is 5.75 Å². The summed E-state index contributed by atoms with van der Waals surface area (Å²) in [6, 6.07) is 8.02. The summed E-state index contributed by atoms with van der Waals surface area (Å²) in [5, 5.41) is 0. The molecule has 21 heavy (non-hydrogen) atoms. The Bertz CT molecular complexity index is 478. The van der Waals surface area contributed by atoms with Crippen LogP contribution in [0.5, 0.6) is 5.75 Å². The van der Waals surface area contributed by atoms with E-state index in [2.05, 4.69) is 19.2 Å². The standard InChI is InChI=1S/C17H25NO2S/c1-13(15-5-4-6-16(10-15)20-2)9-17(19)18-8-7-14(11-18)12-21-3/h4-6,10,13-14H,7-9,11-12H2,1-3H3/t13-,14+/m0/s1. The highest BCUT2D eigenvalue weighted by Gasteiger charge is 2.26. The third-order valence-electron chi connectivity index (χ3n) is 4.18. The van der Waals surface area contributed by atoms with E-state index < -0.39 is 0 Å². The van der Waals surface area contributed by atoms with Crippen molar-refractivity contribution in [3.63, 3.8) is 0 Å².